The Morgan fingerprint density at radius 3 is 2.42 bits per heavy atom. The van der Waals surface area contributed by atoms with Crippen LogP contribution in [0.5, 0.6) is 0 Å². The van der Waals surface area contributed by atoms with Crippen LogP contribution < -0.4 is 0 Å². The van der Waals surface area contributed by atoms with E-state index in [1.807, 2.05) is 0 Å². The van der Waals surface area contributed by atoms with Gasteiger partial charge in [-0.25, -0.2) is 8.78 Å². The molecule has 0 saturated heterocycles. The molecular formula is C13H9Cl2F2NO. The molecule has 1 heterocycles. The summed E-state index contributed by atoms with van der Waals surface area (Å²) in [6, 6.07) is 3.46. The van der Waals surface area contributed by atoms with Gasteiger partial charge in [-0.2, -0.15) is 0 Å². The minimum Gasteiger partial charge on any atom is -0.381 e. The Hall–Kier alpha value is -1.23. The van der Waals surface area contributed by atoms with Crippen molar-refractivity contribution in [1.82, 2.24) is 4.98 Å². The van der Waals surface area contributed by atoms with Crippen molar-refractivity contribution in [2.24, 2.45) is 0 Å². The summed E-state index contributed by atoms with van der Waals surface area (Å²) in [5.74, 6) is -1.45. The van der Waals surface area contributed by atoms with Crippen LogP contribution in [0, 0.1) is 11.6 Å². The molecule has 6 heteroatoms. The molecule has 1 unspecified atom stereocenters. The van der Waals surface area contributed by atoms with Gasteiger partial charge in [-0.15, -0.1) is 0 Å². The van der Waals surface area contributed by atoms with Gasteiger partial charge in [0.2, 0.25) is 0 Å². The van der Waals surface area contributed by atoms with E-state index >= 15 is 0 Å². The standard InChI is InChI=1S/C13H9Cl2F2NO/c1-13(19,7-2-3-18-6-12(7)17)8-4-11(16)10(15)5-9(8)14/h2-6,19H,1H3. The van der Waals surface area contributed by atoms with Crippen molar-refractivity contribution >= 4 is 23.2 Å². The highest BCUT2D eigenvalue weighted by atomic mass is 35.5. The van der Waals surface area contributed by atoms with Crippen LogP contribution in [0.3, 0.4) is 0 Å². The van der Waals surface area contributed by atoms with Crippen LogP contribution in [0.4, 0.5) is 8.78 Å². The summed E-state index contributed by atoms with van der Waals surface area (Å²) in [6.07, 6.45) is 2.29. The van der Waals surface area contributed by atoms with Gasteiger partial charge in [0.1, 0.15) is 17.2 Å². The second-order valence-corrected chi connectivity index (χ2v) is 4.99. The number of pyridine rings is 1. The van der Waals surface area contributed by atoms with Crippen molar-refractivity contribution in [3.05, 3.63) is 63.4 Å². The molecule has 2 nitrogen and oxygen atoms in total. The monoisotopic (exact) mass is 303 g/mol. The van der Waals surface area contributed by atoms with Gasteiger partial charge in [0.15, 0.2) is 0 Å². The number of aromatic nitrogens is 1. The van der Waals surface area contributed by atoms with Gasteiger partial charge >= 0.3 is 0 Å². The van der Waals surface area contributed by atoms with E-state index < -0.39 is 17.2 Å². The van der Waals surface area contributed by atoms with Crippen LogP contribution in [-0.2, 0) is 5.60 Å². The first-order valence-corrected chi connectivity index (χ1v) is 6.07. The molecule has 2 rings (SSSR count). The number of nitrogens with zero attached hydrogens (tertiary/aromatic N) is 1. The lowest BCUT2D eigenvalue weighted by Crippen LogP contribution is -2.25. The largest absolute Gasteiger partial charge is 0.381 e. The van der Waals surface area contributed by atoms with Crippen molar-refractivity contribution in [2.75, 3.05) is 0 Å². The molecule has 1 N–H and O–H groups in total. The maximum atomic E-state index is 13.7. The zero-order valence-electron chi connectivity index (χ0n) is 9.79. The van der Waals surface area contributed by atoms with Gasteiger partial charge in [0.25, 0.3) is 0 Å². The van der Waals surface area contributed by atoms with Crippen molar-refractivity contribution in [3.63, 3.8) is 0 Å². The predicted molar refractivity (Wildman–Crippen MR) is 69.3 cm³/mol. The molecule has 100 valence electrons. The smallest absolute Gasteiger partial charge is 0.147 e. The summed E-state index contributed by atoms with van der Waals surface area (Å²) in [5.41, 5.74) is -1.82. The summed E-state index contributed by atoms with van der Waals surface area (Å²) in [4.78, 5) is 3.59. The van der Waals surface area contributed by atoms with E-state index in [2.05, 4.69) is 4.98 Å². The molecule has 0 saturated carbocycles. The van der Waals surface area contributed by atoms with E-state index in [1.165, 1.54) is 25.3 Å². The average molecular weight is 304 g/mol. The number of rotatable bonds is 2. The lowest BCUT2D eigenvalue weighted by molar-refractivity contribution is 0.0975. The highest BCUT2D eigenvalue weighted by molar-refractivity contribution is 6.35. The molecule has 0 fully saturated rings. The molecule has 1 aromatic heterocycles. The van der Waals surface area contributed by atoms with Crippen molar-refractivity contribution in [2.45, 2.75) is 12.5 Å². The Bertz CT molecular complexity index is 632. The molecule has 0 bridgehead atoms. The van der Waals surface area contributed by atoms with Crippen LogP contribution >= 0.6 is 23.2 Å². The molecule has 1 aromatic carbocycles. The summed E-state index contributed by atoms with van der Waals surface area (Å²) in [6.45, 7) is 1.32. The number of hydrogen-bond donors (Lipinski definition) is 1. The van der Waals surface area contributed by atoms with E-state index in [0.29, 0.717) is 0 Å². The van der Waals surface area contributed by atoms with Gasteiger partial charge in [0.05, 0.1) is 11.2 Å². The molecule has 0 radical (unpaired) electrons. The molecule has 0 aliphatic heterocycles. The quantitative estimate of drug-likeness (QED) is 0.853. The first-order chi connectivity index (χ1) is 8.84. The molecule has 0 aliphatic carbocycles. The summed E-state index contributed by atoms with van der Waals surface area (Å²) in [7, 11) is 0. The second-order valence-electron chi connectivity index (χ2n) is 4.17. The third kappa shape index (κ3) is 2.56. The Kier molecular flexibility index (Phi) is 3.76. The maximum Gasteiger partial charge on any atom is 0.147 e. The highest BCUT2D eigenvalue weighted by Gasteiger charge is 2.31. The van der Waals surface area contributed by atoms with Gasteiger partial charge in [-0.1, -0.05) is 23.2 Å². The normalized spacial score (nSPS) is 14.2. The Balaban J connectivity index is 2.63. The maximum absolute atomic E-state index is 13.7. The topological polar surface area (TPSA) is 33.1 Å². The van der Waals surface area contributed by atoms with Crippen molar-refractivity contribution < 1.29 is 13.9 Å². The fraction of sp³-hybridized carbons (Fsp3) is 0.154. The van der Waals surface area contributed by atoms with E-state index in [1.54, 1.807) is 0 Å². The molecule has 0 amide bonds. The summed E-state index contributed by atoms with van der Waals surface area (Å²) >= 11 is 11.5. The third-order valence-corrected chi connectivity index (χ3v) is 3.43. The fourth-order valence-electron chi connectivity index (χ4n) is 1.81. The number of hydrogen-bond acceptors (Lipinski definition) is 2. The summed E-state index contributed by atoms with van der Waals surface area (Å²) in [5, 5.41) is 10.4. The van der Waals surface area contributed by atoms with Gasteiger partial charge < -0.3 is 5.11 Å². The number of halogens is 4. The SMILES string of the molecule is CC(O)(c1ccncc1F)c1cc(F)c(Cl)cc1Cl. The molecule has 0 aliphatic rings. The minimum absolute atomic E-state index is 0.0289. The second kappa shape index (κ2) is 5.04. The molecule has 1 atom stereocenters. The predicted octanol–water partition coefficient (Wildman–Crippen LogP) is 3.92. The van der Waals surface area contributed by atoms with Crippen LogP contribution in [-0.4, -0.2) is 10.1 Å². The van der Waals surface area contributed by atoms with Crippen LogP contribution in [0.2, 0.25) is 10.0 Å². The van der Waals surface area contributed by atoms with E-state index in [4.69, 9.17) is 23.2 Å². The Morgan fingerprint density at radius 1 is 1.11 bits per heavy atom. The van der Waals surface area contributed by atoms with Crippen molar-refractivity contribution in [1.29, 1.82) is 0 Å². The van der Waals surface area contributed by atoms with E-state index in [9.17, 15) is 13.9 Å². The minimum atomic E-state index is -1.80. The average Bonchev–Trinajstić information content (AvgIpc) is 2.34. The molecule has 19 heavy (non-hydrogen) atoms. The fourth-order valence-corrected chi connectivity index (χ4v) is 2.38. The van der Waals surface area contributed by atoms with Crippen LogP contribution in [0.1, 0.15) is 18.1 Å². The molecular weight excluding hydrogens is 295 g/mol. The molecule has 0 spiro atoms. The lowest BCUT2D eigenvalue weighted by atomic mass is 9.88. The third-order valence-electron chi connectivity index (χ3n) is 2.83. The van der Waals surface area contributed by atoms with Gasteiger partial charge in [-0.3, -0.25) is 4.98 Å². The van der Waals surface area contributed by atoms with Crippen LogP contribution in [0.25, 0.3) is 0 Å². The van der Waals surface area contributed by atoms with E-state index in [-0.39, 0.29) is 21.2 Å². The number of benzene rings is 1. The molecule has 2 aromatic rings. The van der Waals surface area contributed by atoms with Gasteiger partial charge in [-0.05, 0) is 25.1 Å². The lowest BCUT2D eigenvalue weighted by Gasteiger charge is -2.26. The van der Waals surface area contributed by atoms with Crippen LogP contribution in [0.15, 0.2) is 30.6 Å². The first-order valence-electron chi connectivity index (χ1n) is 5.31. The van der Waals surface area contributed by atoms with Crippen molar-refractivity contribution in [3.8, 4) is 0 Å². The Labute approximate surface area is 118 Å². The van der Waals surface area contributed by atoms with Gasteiger partial charge in [0, 0.05) is 22.3 Å². The van der Waals surface area contributed by atoms with E-state index in [0.717, 1.165) is 12.3 Å². The Morgan fingerprint density at radius 2 is 1.79 bits per heavy atom. The highest BCUT2D eigenvalue weighted by Crippen LogP contribution is 2.37. The summed E-state index contributed by atoms with van der Waals surface area (Å²) < 4.78 is 27.2. The zero-order chi connectivity index (χ0) is 14.2. The number of aliphatic hydroxyl groups is 1. The zero-order valence-corrected chi connectivity index (χ0v) is 11.3. The first kappa shape index (κ1) is 14.2.